The molecule has 2 amide bonds. The number of esters is 1. The van der Waals surface area contributed by atoms with Gasteiger partial charge in [-0.15, -0.1) is 0 Å². The summed E-state index contributed by atoms with van der Waals surface area (Å²) >= 11 is 2.97. The molecule has 10 heteroatoms. The average Bonchev–Trinajstić information content (AvgIpc) is 2.45. The largest absolute Gasteiger partial charge is 0.452 e. The molecule has 9 nitrogen and oxygen atoms in total. The second-order valence-electron chi connectivity index (χ2n) is 3.77. The number of hydrogen-bond acceptors (Lipinski definition) is 7. The molecular formula is C12H11BrN2O7. The van der Waals surface area contributed by atoms with E-state index in [4.69, 9.17) is 0 Å². The highest BCUT2D eigenvalue weighted by Gasteiger charge is 2.18. The Bertz CT molecular complexity index is 617. The number of nitrogens with zero attached hydrogens (tertiary/aromatic N) is 1. The second-order valence-corrected chi connectivity index (χ2v) is 4.62. The van der Waals surface area contributed by atoms with Crippen molar-refractivity contribution in [2.24, 2.45) is 0 Å². The maximum Gasteiger partial charge on any atom is 0.413 e. The lowest BCUT2D eigenvalue weighted by atomic mass is 10.2. The molecular weight excluding hydrogens is 364 g/mol. The minimum absolute atomic E-state index is 0.0848. The normalized spacial score (nSPS) is 9.73. The minimum atomic E-state index is -0.956. The molecule has 1 aromatic carbocycles. The number of carbonyl (C=O) groups excluding carboxylic acids is 3. The second kappa shape index (κ2) is 8.08. The van der Waals surface area contributed by atoms with Crippen molar-refractivity contribution < 1.29 is 28.8 Å². The number of benzene rings is 1. The van der Waals surface area contributed by atoms with Gasteiger partial charge in [0.2, 0.25) is 0 Å². The lowest BCUT2D eigenvalue weighted by molar-refractivity contribution is -0.385. The summed E-state index contributed by atoms with van der Waals surface area (Å²) in [5.74, 6) is -1.81. The zero-order valence-electron chi connectivity index (χ0n) is 11.3. The van der Waals surface area contributed by atoms with Gasteiger partial charge in [0.05, 0.1) is 21.6 Å². The molecule has 0 unspecified atom stereocenters. The maximum absolute atomic E-state index is 11.7. The Labute approximate surface area is 132 Å². The number of amides is 2. The fourth-order valence-electron chi connectivity index (χ4n) is 1.31. The van der Waals surface area contributed by atoms with Crippen molar-refractivity contribution in [3.63, 3.8) is 0 Å². The number of alkyl carbamates (subject to hydrolysis) is 1. The highest BCUT2D eigenvalue weighted by molar-refractivity contribution is 9.10. The van der Waals surface area contributed by atoms with Gasteiger partial charge in [0, 0.05) is 6.07 Å². The monoisotopic (exact) mass is 374 g/mol. The third-order valence-corrected chi connectivity index (χ3v) is 2.90. The molecule has 0 atom stereocenters. The Morgan fingerprint density at radius 2 is 2.00 bits per heavy atom. The van der Waals surface area contributed by atoms with Crippen LogP contribution in [0.15, 0.2) is 22.7 Å². The molecule has 0 radical (unpaired) electrons. The Morgan fingerprint density at radius 3 is 2.59 bits per heavy atom. The summed E-state index contributed by atoms with van der Waals surface area (Å²) in [7, 11) is 0. The highest BCUT2D eigenvalue weighted by atomic mass is 79.9. The number of hydrogen-bond donors (Lipinski definition) is 1. The Hall–Kier alpha value is -2.49. The van der Waals surface area contributed by atoms with Crippen molar-refractivity contribution in [3.8, 4) is 0 Å². The van der Waals surface area contributed by atoms with E-state index in [1.165, 1.54) is 12.1 Å². The molecule has 0 fully saturated rings. The SMILES string of the molecule is CCOC(=O)NC(=O)COC(=O)c1ccc(Br)c([N+](=O)[O-])c1. The van der Waals surface area contributed by atoms with Crippen LogP contribution in [-0.4, -0.2) is 36.1 Å². The fourth-order valence-corrected chi connectivity index (χ4v) is 1.70. The van der Waals surface area contributed by atoms with Gasteiger partial charge in [0.25, 0.3) is 11.6 Å². The molecule has 0 aliphatic rings. The minimum Gasteiger partial charge on any atom is -0.452 e. The third kappa shape index (κ3) is 5.13. The molecule has 1 rings (SSSR count). The molecule has 1 aromatic rings. The van der Waals surface area contributed by atoms with Crippen molar-refractivity contribution in [1.82, 2.24) is 5.32 Å². The van der Waals surface area contributed by atoms with Gasteiger partial charge in [0.1, 0.15) is 0 Å². The van der Waals surface area contributed by atoms with E-state index in [1.54, 1.807) is 6.92 Å². The molecule has 0 heterocycles. The van der Waals surface area contributed by atoms with E-state index < -0.39 is 29.5 Å². The smallest absolute Gasteiger partial charge is 0.413 e. The first kappa shape index (κ1) is 17.6. The summed E-state index contributed by atoms with van der Waals surface area (Å²) in [6, 6.07) is 3.62. The van der Waals surface area contributed by atoms with Crippen LogP contribution in [0.4, 0.5) is 10.5 Å². The third-order valence-electron chi connectivity index (χ3n) is 2.23. The first-order chi connectivity index (χ1) is 10.3. The van der Waals surface area contributed by atoms with Crippen LogP contribution >= 0.6 is 15.9 Å². The van der Waals surface area contributed by atoms with Crippen molar-refractivity contribution in [2.75, 3.05) is 13.2 Å². The van der Waals surface area contributed by atoms with E-state index in [0.717, 1.165) is 6.07 Å². The molecule has 0 aromatic heterocycles. The molecule has 0 saturated heterocycles. The van der Waals surface area contributed by atoms with E-state index in [2.05, 4.69) is 25.4 Å². The fraction of sp³-hybridized carbons (Fsp3) is 0.250. The van der Waals surface area contributed by atoms with Crippen LogP contribution in [0, 0.1) is 10.1 Å². The molecule has 22 heavy (non-hydrogen) atoms. The van der Waals surface area contributed by atoms with Crippen molar-refractivity contribution >= 4 is 39.6 Å². The number of ether oxygens (including phenoxy) is 2. The van der Waals surface area contributed by atoms with Crippen LogP contribution in [0.2, 0.25) is 0 Å². The van der Waals surface area contributed by atoms with Gasteiger partial charge in [-0.05, 0) is 35.0 Å². The predicted molar refractivity (Wildman–Crippen MR) is 76.2 cm³/mol. The van der Waals surface area contributed by atoms with Crippen molar-refractivity contribution in [2.45, 2.75) is 6.92 Å². The van der Waals surface area contributed by atoms with E-state index in [0.29, 0.717) is 0 Å². The molecule has 0 aliphatic heterocycles. The van der Waals surface area contributed by atoms with Crippen LogP contribution < -0.4 is 5.32 Å². The number of rotatable bonds is 5. The van der Waals surface area contributed by atoms with Gasteiger partial charge in [0.15, 0.2) is 6.61 Å². The molecule has 1 N–H and O–H groups in total. The van der Waals surface area contributed by atoms with E-state index in [1.807, 2.05) is 5.32 Å². The summed E-state index contributed by atoms with van der Waals surface area (Å²) in [6.07, 6.45) is -0.956. The van der Waals surface area contributed by atoms with Crippen LogP contribution in [0.3, 0.4) is 0 Å². The predicted octanol–water partition coefficient (Wildman–Crippen LogP) is 1.79. The number of imide groups is 1. The molecule has 0 saturated carbocycles. The van der Waals surface area contributed by atoms with E-state index >= 15 is 0 Å². The Kier molecular flexibility index (Phi) is 6.45. The zero-order chi connectivity index (χ0) is 16.7. The number of nitro groups is 1. The van der Waals surface area contributed by atoms with Gasteiger partial charge < -0.3 is 9.47 Å². The number of carbonyl (C=O) groups is 3. The molecule has 0 spiro atoms. The van der Waals surface area contributed by atoms with Gasteiger partial charge in [-0.25, -0.2) is 9.59 Å². The Balaban J connectivity index is 2.63. The van der Waals surface area contributed by atoms with E-state index in [9.17, 15) is 24.5 Å². The number of halogens is 1. The Morgan fingerprint density at radius 1 is 1.32 bits per heavy atom. The first-order valence-electron chi connectivity index (χ1n) is 5.92. The average molecular weight is 375 g/mol. The molecule has 118 valence electrons. The van der Waals surface area contributed by atoms with Gasteiger partial charge >= 0.3 is 12.1 Å². The number of nitro benzene ring substituents is 1. The summed E-state index contributed by atoms with van der Waals surface area (Å²) in [4.78, 5) is 44.0. The first-order valence-corrected chi connectivity index (χ1v) is 6.72. The standard InChI is InChI=1S/C12H11BrN2O7/c1-2-21-12(18)14-10(16)6-22-11(17)7-3-4-8(13)9(5-7)15(19)20/h3-5H,2,6H2,1H3,(H,14,16,18). The van der Waals surface area contributed by atoms with E-state index in [-0.39, 0.29) is 22.3 Å². The van der Waals surface area contributed by atoms with Gasteiger partial charge in [-0.3, -0.25) is 20.2 Å². The highest BCUT2D eigenvalue weighted by Crippen LogP contribution is 2.25. The quantitative estimate of drug-likeness (QED) is 0.472. The summed E-state index contributed by atoms with van der Waals surface area (Å²) in [5, 5.41) is 12.6. The lowest BCUT2D eigenvalue weighted by Crippen LogP contribution is -2.34. The molecule has 0 bridgehead atoms. The number of nitrogens with one attached hydrogen (secondary N) is 1. The van der Waals surface area contributed by atoms with Crippen molar-refractivity contribution in [3.05, 3.63) is 38.3 Å². The van der Waals surface area contributed by atoms with Crippen LogP contribution in [0.25, 0.3) is 0 Å². The van der Waals surface area contributed by atoms with Gasteiger partial charge in [-0.2, -0.15) is 0 Å². The van der Waals surface area contributed by atoms with Crippen LogP contribution in [0.1, 0.15) is 17.3 Å². The topological polar surface area (TPSA) is 125 Å². The maximum atomic E-state index is 11.7. The van der Waals surface area contributed by atoms with Crippen LogP contribution in [0.5, 0.6) is 0 Å². The van der Waals surface area contributed by atoms with Gasteiger partial charge in [-0.1, -0.05) is 0 Å². The molecule has 0 aliphatic carbocycles. The lowest BCUT2D eigenvalue weighted by Gasteiger charge is -2.06. The zero-order valence-corrected chi connectivity index (χ0v) is 12.9. The van der Waals surface area contributed by atoms with Crippen molar-refractivity contribution in [1.29, 1.82) is 0 Å². The van der Waals surface area contributed by atoms with Crippen LogP contribution in [-0.2, 0) is 14.3 Å². The summed E-state index contributed by atoms with van der Waals surface area (Å²) in [6.45, 7) is 0.924. The summed E-state index contributed by atoms with van der Waals surface area (Å²) in [5.41, 5.74) is -0.413. The summed E-state index contributed by atoms with van der Waals surface area (Å²) < 4.78 is 9.32.